The molecule has 2 aromatic rings. The Labute approximate surface area is 132 Å². The summed E-state index contributed by atoms with van der Waals surface area (Å²) in [6.45, 7) is 8.67. The Morgan fingerprint density at radius 1 is 1.17 bits per heavy atom. The molecule has 0 saturated heterocycles. The number of ether oxygens (including phenoxy) is 1. The minimum atomic E-state index is -3.67. The number of rotatable bonds is 1. The molecule has 1 aliphatic heterocycles. The molecule has 0 radical (unpaired) electrons. The van der Waals surface area contributed by atoms with Crippen molar-refractivity contribution in [1.29, 1.82) is 0 Å². The van der Waals surface area contributed by atoms with E-state index >= 15 is 0 Å². The number of aryl methyl sites for hydroxylation is 3. The molecule has 23 heavy (non-hydrogen) atoms. The van der Waals surface area contributed by atoms with E-state index < -0.39 is 7.54 Å². The van der Waals surface area contributed by atoms with E-state index in [0.717, 1.165) is 19.0 Å². The normalized spacial score (nSPS) is 12.6. The summed E-state index contributed by atoms with van der Waals surface area (Å²) in [5, 5.41) is 4.63. The fourth-order valence-corrected chi connectivity index (χ4v) is 2.67. The van der Waals surface area contributed by atoms with Crippen LogP contribution in [0.2, 0.25) is 0 Å². The molecule has 0 unspecified atom stereocenters. The van der Waals surface area contributed by atoms with Crippen molar-refractivity contribution in [3.05, 3.63) is 41.0 Å². The lowest BCUT2D eigenvalue weighted by atomic mass is 10.1. The monoisotopic (exact) mass is 331 g/mol. The molecule has 0 bridgehead atoms. The van der Waals surface area contributed by atoms with Crippen LogP contribution >= 0.6 is 0 Å². The smallest absolute Gasteiger partial charge is 0.762 e. The highest BCUT2D eigenvalue weighted by Crippen LogP contribution is 2.20. The van der Waals surface area contributed by atoms with Gasteiger partial charge in [0.15, 0.2) is 0 Å². The average molecular weight is 331 g/mol. The molecule has 0 N–H and O–H groups in total. The van der Waals surface area contributed by atoms with Gasteiger partial charge in [0.05, 0.1) is 13.2 Å². The van der Waals surface area contributed by atoms with Gasteiger partial charge in [-0.2, -0.15) is 0 Å². The summed E-state index contributed by atoms with van der Waals surface area (Å²) in [4.78, 5) is 0. The third kappa shape index (κ3) is 4.79. The predicted octanol–water partition coefficient (Wildman–Crippen LogP) is -0.501. The molecular weight excluding hydrogens is 313 g/mol. The Kier molecular flexibility index (Phi) is 6.74. The molecule has 1 aliphatic rings. The van der Waals surface area contributed by atoms with E-state index in [-0.39, 0.29) is 4.70 Å². The van der Waals surface area contributed by atoms with E-state index in [2.05, 4.69) is 48.9 Å². The second-order valence-electron chi connectivity index (χ2n) is 5.22. The van der Waals surface area contributed by atoms with Crippen molar-refractivity contribution in [1.82, 2.24) is 9.78 Å². The van der Waals surface area contributed by atoms with Gasteiger partial charge in [0.1, 0.15) is 12.3 Å². The number of halogens is 4. The highest BCUT2D eigenvalue weighted by Gasteiger charge is 2.23. The van der Waals surface area contributed by atoms with Gasteiger partial charge < -0.3 is 9.44 Å². The molecule has 9 heteroatoms. The zero-order valence-electron chi connectivity index (χ0n) is 13.2. The van der Waals surface area contributed by atoms with E-state index in [9.17, 15) is 12.9 Å². The van der Waals surface area contributed by atoms with E-state index in [4.69, 9.17) is 4.74 Å². The maximum absolute atomic E-state index is 9.67. The largest absolute Gasteiger partial charge is 1.00 e. The molecule has 0 aliphatic carbocycles. The number of hydrogen-bond donors (Lipinski definition) is 0. The van der Waals surface area contributed by atoms with Crippen molar-refractivity contribution in [3.8, 4) is 5.69 Å². The van der Waals surface area contributed by atoms with Crippen LogP contribution < -0.4 is 9.27 Å². The zero-order chi connectivity index (χ0) is 16.3. The van der Waals surface area contributed by atoms with Gasteiger partial charge >= 0.3 is 13.4 Å². The van der Waals surface area contributed by atoms with Crippen LogP contribution in [0.3, 0.4) is 0 Å². The molecule has 1 aromatic carbocycles. The van der Waals surface area contributed by atoms with Crippen LogP contribution in [0.15, 0.2) is 18.5 Å². The van der Waals surface area contributed by atoms with Gasteiger partial charge in [0.25, 0.3) is 0 Å². The Hall–Kier alpha value is -1.90. The van der Waals surface area contributed by atoms with Gasteiger partial charge in [-0.05, 0) is 31.9 Å². The van der Waals surface area contributed by atoms with Crippen molar-refractivity contribution in [2.45, 2.75) is 33.9 Å². The molecular formula is C14H18BF4N3O. The number of fused-ring (bicyclic) bond motifs is 1. The van der Waals surface area contributed by atoms with Crippen molar-refractivity contribution >= 4 is 7.54 Å². The Morgan fingerprint density at radius 3 is 2.26 bits per heavy atom. The van der Waals surface area contributed by atoms with Crippen LogP contribution in [0.1, 0.15) is 22.5 Å². The Morgan fingerprint density at radius 2 is 1.74 bits per heavy atom. The average Bonchev–Trinajstić information content (AvgIpc) is 2.79. The topological polar surface area (TPSA) is 30.9 Å². The first-order valence-corrected chi connectivity index (χ1v) is 6.94. The summed E-state index contributed by atoms with van der Waals surface area (Å²) in [5.41, 5.74) is 4.99. The van der Waals surface area contributed by atoms with Gasteiger partial charge in [0.2, 0.25) is 6.33 Å². The summed E-state index contributed by atoms with van der Waals surface area (Å²) >= 11 is 0. The first kappa shape index (κ1) is 19.2. The molecule has 0 fully saturated rings. The first-order chi connectivity index (χ1) is 10.4. The Balaban J connectivity index is 0.000000478. The number of benzene rings is 1. The summed E-state index contributed by atoms with van der Waals surface area (Å²) in [5.74, 6) is 1.00. The summed E-state index contributed by atoms with van der Waals surface area (Å²) < 4.78 is 38.6. The lowest BCUT2D eigenvalue weighted by Gasteiger charge is -2.06. The molecule has 2 heterocycles. The fraction of sp³-hybridized carbons (Fsp3) is 0.429. The third-order valence-corrected chi connectivity index (χ3v) is 3.38. The van der Waals surface area contributed by atoms with Crippen molar-refractivity contribution in [2.75, 3.05) is 6.61 Å². The van der Waals surface area contributed by atoms with Crippen LogP contribution in [0, 0.1) is 20.8 Å². The second-order valence-corrected chi connectivity index (χ2v) is 5.22. The Bertz CT molecular complexity index is 614. The van der Waals surface area contributed by atoms with E-state index in [1.807, 2.05) is 4.68 Å². The van der Waals surface area contributed by atoms with Gasteiger partial charge in [-0.3, -0.25) is 12.9 Å². The number of nitrogens with zero attached hydrogens (tertiary/aromatic N) is 3. The zero-order valence-corrected chi connectivity index (χ0v) is 13.2. The highest BCUT2D eigenvalue weighted by atomic mass is 19.4. The minimum Gasteiger partial charge on any atom is -1.00 e. The molecule has 4 nitrogen and oxygen atoms in total. The van der Waals surface area contributed by atoms with Crippen LogP contribution in [0.5, 0.6) is 0 Å². The molecule has 1 aromatic heterocycles. The molecule has 0 spiro atoms. The van der Waals surface area contributed by atoms with Gasteiger partial charge in [-0.25, -0.2) is 4.57 Å². The maximum atomic E-state index is 9.67. The third-order valence-electron chi connectivity index (χ3n) is 3.38. The van der Waals surface area contributed by atoms with Crippen LogP contribution in [-0.4, -0.2) is 23.9 Å². The van der Waals surface area contributed by atoms with E-state index in [1.165, 1.54) is 22.4 Å². The lowest BCUT2D eigenvalue weighted by molar-refractivity contribution is -0.717. The highest BCUT2D eigenvalue weighted by molar-refractivity contribution is 6.33. The summed E-state index contributed by atoms with van der Waals surface area (Å²) in [7, 11) is -3.67. The van der Waals surface area contributed by atoms with E-state index in [0.29, 0.717) is 6.61 Å². The van der Waals surface area contributed by atoms with Crippen molar-refractivity contribution in [3.63, 3.8) is 0 Å². The summed E-state index contributed by atoms with van der Waals surface area (Å²) in [6.07, 6.45) is 2.07. The predicted molar refractivity (Wildman–Crippen MR) is 76.7 cm³/mol. The standard InChI is InChI=1S/C14H18N3O.BF3.FH/c1-10-6-11(2)14(12(3)7-10)17-9-16-4-5-18-8-13(16)15-17;2-1(3)4;/h6-7,9H,4-5,8H2,1-3H3;;1H/q+1;;/p-1. The van der Waals surface area contributed by atoms with Crippen molar-refractivity contribution in [2.24, 2.45) is 0 Å². The first-order valence-electron chi connectivity index (χ1n) is 6.94. The summed E-state index contributed by atoms with van der Waals surface area (Å²) in [6, 6.07) is 4.40. The second kappa shape index (κ2) is 8.10. The fourth-order valence-electron chi connectivity index (χ4n) is 2.67. The van der Waals surface area contributed by atoms with Crippen LogP contribution in [-0.2, 0) is 17.9 Å². The quantitative estimate of drug-likeness (QED) is 0.401. The lowest BCUT2D eigenvalue weighted by Crippen LogP contribution is -3.00. The molecule has 0 atom stereocenters. The molecule has 126 valence electrons. The molecule has 0 amide bonds. The molecule has 0 saturated carbocycles. The van der Waals surface area contributed by atoms with Crippen LogP contribution in [0.4, 0.5) is 12.9 Å². The van der Waals surface area contributed by atoms with Gasteiger partial charge in [-0.1, -0.05) is 22.4 Å². The SMILES string of the molecule is Cc1cc(C)c(-n2c[n+]3c(n2)COCC3)c(C)c1.FB(F)F.[F-]. The van der Waals surface area contributed by atoms with Gasteiger partial charge in [-0.15, -0.1) is 0 Å². The molecule has 3 rings (SSSR count). The van der Waals surface area contributed by atoms with Crippen LogP contribution in [0.25, 0.3) is 5.69 Å². The van der Waals surface area contributed by atoms with Crippen molar-refractivity contribution < 1.29 is 27.0 Å². The van der Waals surface area contributed by atoms with E-state index in [1.54, 1.807) is 0 Å². The number of hydrogen-bond acceptors (Lipinski definition) is 2. The maximum Gasteiger partial charge on any atom is 0.762 e. The minimum absolute atomic E-state index is 0. The number of aromatic nitrogens is 3. The van der Waals surface area contributed by atoms with Gasteiger partial charge in [0, 0.05) is 5.10 Å².